The van der Waals surface area contributed by atoms with Gasteiger partial charge in [-0.25, -0.2) is 8.42 Å². The molecule has 1 heterocycles. The fourth-order valence-electron chi connectivity index (χ4n) is 3.00. The number of anilines is 1. The normalized spacial score (nSPS) is 18.1. The monoisotopic (exact) mass is 323 g/mol. The van der Waals surface area contributed by atoms with Crippen molar-refractivity contribution in [3.8, 4) is 0 Å². The Balaban J connectivity index is 2.01. The van der Waals surface area contributed by atoms with Crippen molar-refractivity contribution in [3.63, 3.8) is 0 Å². The maximum atomic E-state index is 12.3. The van der Waals surface area contributed by atoms with Gasteiger partial charge in [0.05, 0.1) is 11.5 Å². The minimum atomic E-state index is -2.86. The summed E-state index contributed by atoms with van der Waals surface area (Å²) in [5.74, 6) is 0.621. The SMILES string of the molecule is CCc1cccc(CC)c1NC(=O)CC1CCS(=O)(=O)CC1. The Hall–Kier alpha value is -1.36. The maximum absolute atomic E-state index is 12.3. The van der Waals surface area contributed by atoms with Crippen molar-refractivity contribution in [2.75, 3.05) is 16.8 Å². The molecule has 1 aliphatic heterocycles. The van der Waals surface area contributed by atoms with Crippen molar-refractivity contribution in [2.45, 2.75) is 46.0 Å². The lowest BCUT2D eigenvalue weighted by Gasteiger charge is -2.22. The van der Waals surface area contributed by atoms with Crippen LogP contribution in [0.15, 0.2) is 18.2 Å². The predicted octanol–water partition coefficient (Wildman–Crippen LogP) is 2.96. The summed E-state index contributed by atoms with van der Waals surface area (Å²) in [6.45, 7) is 4.16. The number of carbonyl (C=O) groups excluding carboxylic acids is 1. The van der Waals surface area contributed by atoms with Crippen molar-refractivity contribution in [3.05, 3.63) is 29.3 Å². The molecule has 2 rings (SSSR count). The second-order valence-corrected chi connectivity index (χ2v) is 8.31. The lowest BCUT2D eigenvalue weighted by Crippen LogP contribution is -2.27. The predicted molar refractivity (Wildman–Crippen MR) is 89.8 cm³/mol. The summed E-state index contributed by atoms with van der Waals surface area (Å²) in [7, 11) is -2.86. The van der Waals surface area contributed by atoms with E-state index in [4.69, 9.17) is 0 Å². The number of amides is 1. The van der Waals surface area contributed by atoms with Crippen LogP contribution >= 0.6 is 0 Å². The molecule has 0 aromatic heterocycles. The minimum absolute atomic E-state index is 0.0000945. The second-order valence-electron chi connectivity index (χ2n) is 6.01. The van der Waals surface area contributed by atoms with Crippen LogP contribution in [0.2, 0.25) is 0 Å². The van der Waals surface area contributed by atoms with Gasteiger partial charge >= 0.3 is 0 Å². The van der Waals surface area contributed by atoms with Gasteiger partial charge in [-0.1, -0.05) is 32.0 Å². The van der Waals surface area contributed by atoms with E-state index in [1.165, 1.54) is 0 Å². The minimum Gasteiger partial charge on any atom is -0.326 e. The van der Waals surface area contributed by atoms with Crippen LogP contribution in [0, 0.1) is 5.92 Å². The maximum Gasteiger partial charge on any atom is 0.224 e. The molecule has 0 unspecified atom stereocenters. The summed E-state index contributed by atoms with van der Waals surface area (Å²) in [4.78, 5) is 12.3. The zero-order chi connectivity index (χ0) is 16.2. The summed E-state index contributed by atoms with van der Waals surface area (Å²) in [6.07, 6.45) is 3.38. The van der Waals surface area contributed by atoms with Crippen molar-refractivity contribution < 1.29 is 13.2 Å². The van der Waals surface area contributed by atoms with E-state index in [0.717, 1.165) is 29.7 Å². The van der Waals surface area contributed by atoms with Crippen molar-refractivity contribution >= 4 is 21.4 Å². The Morgan fingerprint density at radius 2 is 1.68 bits per heavy atom. The van der Waals surface area contributed by atoms with E-state index < -0.39 is 9.84 Å². The largest absolute Gasteiger partial charge is 0.326 e. The number of sulfone groups is 1. The van der Waals surface area contributed by atoms with E-state index in [-0.39, 0.29) is 23.3 Å². The molecule has 0 spiro atoms. The van der Waals surface area contributed by atoms with Crippen LogP contribution in [0.4, 0.5) is 5.69 Å². The molecule has 0 atom stereocenters. The number of carbonyl (C=O) groups is 1. The Kier molecular flexibility index (Phi) is 5.62. The smallest absolute Gasteiger partial charge is 0.224 e. The number of benzene rings is 1. The van der Waals surface area contributed by atoms with E-state index in [0.29, 0.717) is 19.3 Å². The molecule has 22 heavy (non-hydrogen) atoms. The van der Waals surface area contributed by atoms with E-state index in [9.17, 15) is 13.2 Å². The Labute approximate surface area is 133 Å². The first-order valence-corrected chi connectivity index (χ1v) is 9.88. The number of rotatable bonds is 5. The quantitative estimate of drug-likeness (QED) is 0.906. The fraction of sp³-hybridized carbons (Fsp3) is 0.588. The third-order valence-corrected chi connectivity index (χ3v) is 6.13. The molecule has 122 valence electrons. The third kappa shape index (κ3) is 4.32. The number of hydrogen-bond acceptors (Lipinski definition) is 3. The highest BCUT2D eigenvalue weighted by atomic mass is 32.2. The molecular weight excluding hydrogens is 298 g/mol. The van der Waals surface area contributed by atoms with Crippen LogP contribution in [0.25, 0.3) is 0 Å². The topological polar surface area (TPSA) is 63.2 Å². The molecule has 1 saturated heterocycles. The molecule has 0 aliphatic carbocycles. The van der Waals surface area contributed by atoms with Gasteiger partial charge in [0.1, 0.15) is 9.84 Å². The zero-order valence-electron chi connectivity index (χ0n) is 13.4. The number of aryl methyl sites for hydroxylation is 2. The Morgan fingerprint density at radius 1 is 1.14 bits per heavy atom. The second kappa shape index (κ2) is 7.27. The third-order valence-electron chi connectivity index (χ3n) is 4.41. The van der Waals surface area contributed by atoms with Gasteiger partial charge < -0.3 is 5.32 Å². The summed E-state index contributed by atoms with van der Waals surface area (Å²) >= 11 is 0. The van der Waals surface area contributed by atoms with Gasteiger partial charge in [-0.05, 0) is 42.7 Å². The van der Waals surface area contributed by atoms with Crippen LogP contribution in [-0.2, 0) is 27.5 Å². The number of hydrogen-bond donors (Lipinski definition) is 1. The number of para-hydroxylation sites is 1. The highest BCUT2D eigenvalue weighted by Crippen LogP contribution is 2.25. The molecule has 0 radical (unpaired) electrons. The number of nitrogens with one attached hydrogen (secondary N) is 1. The lowest BCUT2D eigenvalue weighted by molar-refractivity contribution is -0.117. The zero-order valence-corrected chi connectivity index (χ0v) is 14.2. The Morgan fingerprint density at radius 3 is 2.18 bits per heavy atom. The fourth-order valence-corrected chi connectivity index (χ4v) is 4.59. The van der Waals surface area contributed by atoms with Crippen LogP contribution in [0.5, 0.6) is 0 Å². The molecule has 1 aliphatic rings. The highest BCUT2D eigenvalue weighted by molar-refractivity contribution is 7.91. The van der Waals surface area contributed by atoms with Gasteiger partial charge in [-0.3, -0.25) is 4.79 Å². The molecule has 1 aromatic carbocycles. The summed E-state index contributed by atoms with van der Waals surface area (Å²) in [5.41, 5.74) is 3.25. The van der Waals surface area contributed by atoms with Crippen LogP contribution in [0.3, 0.4) is 0 Å². The van der Waals surface area contributed by atoms with Gasteiger partial charge in [-0.2, -0.15) is 0 Å². The average Bonchev–Trinajstić information content (AvgIpc) is 2.49. The van der Waals surface area contributed by atoms with Gasteiger partial charge in [0.15, 0.2) is 0 Å². The van der Waals surface area contributed by atoms with Gasteiger partial charge in [-0.15, -0.1) is 0 Å². The van der Waals surface area contributed by atoms with Crippen LogP contribution in [-0.4, -0.2) is 25.8 Å². The van der Waals surface area contributed by atoms with E-state index in [1.807, 2.05) is 18.2 Å². The summed E-state index contributed by atoms with van der Waals surface area (Å²) < 4.78 is 22.9. The molecule has 0 bridgehead atoms. The Bertz CT molecular complexity index is 601. The molecular formula is C17H25NO3S. The lowest BCUT2D eigenvalue weighted by atomic mass is 9.97. The van der Waals surface area contributed by atoms with Crippen molar-refractivity contribution in [1.29, 1.82) is 0 Å². The van der Waals surface area contributed by atoms with Gasteiger partial charge in [0.2, 0.25) is 5.91 Å². The van der Waals surface area contributed by atoms with Crippen molar-refractivity contribution in [1.82, 2.24) is 0 Å². The molecule has 1 amide bonds. The van der Waals surface area contributed by atoms with E-state index in [1.54, 1.807) is 0 Å². The van der Waals surface area contributed by atoms with Gasteiger partial charge in [0.25, 0.3) is 0 Å². The first kappa shape index (κ1) is 17.0. The first-order valence-electron chi connectivity index (χ1n) is 8.06. The van der Waals surface area contributed by atoms with Crippen LogP contribution < -0.4 is 5.32 Å². The first-order chi connectivity index (χ1) is 10.4. The van der Waals surface area contributed by atoms with E-state index >= 15 is 0 Å². The summed E-state index contributed by atoms with van der Waals surface area (Å²) in [6, 6.07) is 6.11. The standard InChI is InChI=1S/C17H25NO3S/c1-3-14-6-5-7-15(4-2)17(14)18-16(19)12-13-8-10-22(20,21)11-9-13/h5-7,13H,3-4,8-12H2,1-2H3,(H,18,19). The van der Waals surface area contributed by atoms with E-state index in [2.05, 4.69) is 19.2 Å². The molecule has 1 N–H and O–H groups in total. The average molecular weight is 323 g/mol. The highest BCUT2D eigenvalue weighted by Gasteiger charge is 2.25. The molecule has 0 saturated carbocycles. The molecule has 1 aromatic rings. The van der Waals surface area contributed by atoms with Crippen molar-refractivity contribution in [2.24, 2.45) is 5.92 Å². The van der Waals surface area contributed by atoms with Crippen LogP contribution in [0.1, 0.15) is 44.2 Å². The summed E-state index contributed by atoms with van der Waals surface area (Å²) in [5, 5.41) is 3.06. The molecule has 5 heteroatoms. The molecule has 1 fully saturated rings. The molecule has 4 nitrogen and oxygen atoms in total. The van der Waals surface area contributed by atoms with Gasteiger partial charge in [0, 0.05) is 12.1 Å².